The second-order valence-electron chi connectivity index (χ2n) is 4.89. The van der Waals surface area contributed by atoms with Crippen molar-refractivity contribution in [2.75, 3.05) is 23.4 Å². The molecule has 7 heteroatoms. The fraction of sp³-hybridized carbons (Fsp3) is 0.125. The first-order chi connectivity index (χ1) is 11.1. The summed E-state index contributed by atoms with van der Waals surface area (Å²) >= 11 is 5.67. The summed E-state index contributed by atoms with van der Waals surface area (Å²) < 4.78 is 19.1. The Labute approximate surface area is 136 Å². The van der Waals surface area contributed by atoms with E-state index < -0.39 is 11.7 Å². The number of nitrogens with zero attached hydrogens (tertiary/aromatic N) is 1. The Morgan fingerprint density at radius 3 is 2.87 bits per heavy atom. The van der Waals surface area contributed by atoms with Gasteiger partial charge in [-0.05, 0) is 24.3 Å². The maximum Gasteiger partial charge on any atom is 0.265 e. The molecule has 1 aliphatic heterocycles. The second kappa shape index (κ2) is 6.26. The van der Waals surface area contributed by atoms with Crippen LogP contribution in [0.2, 0.25) is 5.02 Å². The maximum atomic E-state index is 13.8. The maximum absolute atomic E-state index is 13.8. The number of anilines is 2. The highest BCUT2D eigenvalue weighted by Gasteiger charge is 2.27. The zero-order valence-corrected chi connectivity index (χ0v) is 12.6. The molecule has 1 N–H and O–H groups in total. The molecule has 1 heterocycles. The van der Waals surface area contributed by atoms with E-state index in [0.29, 0.717) is 11.4 Å². The lowest BCUT2D eigenvalue weighted by Crippen LogP contribution is -2.43. The fourth-order valence-electron chi connectivity index (χ4n) is 2.26. The summed E-state index contributed by atoms with van der Waals surface area (Å²) in [6.07, 6.45) is 0. The average Bonchev–Trinajstić information content (AvgIpc) is 2.54. The van der Waals surface area contributed by atoms with Crippen LogP contribution in [-0.2, 0) is 9.59 Å². The number of para-hydroxylation sites is 2. The highest BCUT2D eigenvalue weighted by Crippen LogP contribution is 2.31. The monoisotopic (exact) mass is 334 g/mol. The topological polar surface area (TPSA) is 58.6 Å². The lowest BCUT2D eigenvalue weighted by Gasteiger charge is -2.28. The molecule has 3 rings (SSSR count). The number of nitrogens with one attached hydrogen (secondary N) is 1. The van der Waals surface area contributed by atoms with Crippen LogP contribution in [0.4, 0.5) is 15.8 Å². The molecule has 5 nitrogen and oxygen atoms in total. The van der Waals surface area contributed by atoms with Gasteiger partial charge in [0.05, 0.1) is 16.4 Å². The van der Waals surface area contributed by atoms with Crippen LogP contribution in [0.5, 0.6) is 5.75 Å². The molecule has 0 atom stereocenters. The lowest BCUT2D eigenvalue weighted by atomic mass is 10.2. The first kappa shape index (κ1) is 15.3. The Morgan fingerprint density at radius 2 is 2.04 bits per heavy atom. The highest BCUT2D eigenvalue weighted by atomic mass is 35.5. The summed E-state index contributed by atoms with van der Waals surface area (Å²) in [6, 6.07) is 11.2. The lowest BCUT2D eigenvalue weighted by molar-refractivity contribution is -0.123. The zero-order valence-electron chi connectivity index (χ0n) is 11.9. The minimum Gasteiger partial charge on any atom is -0.482 e. The molecule has 0 bridgehead atoms. The van der Waals surface area contributed by atoms with E-state index in [4.69, 9.17) is 16.3 Å². The molecular formula is C16H12ClFN2O3. The van der Waals surface area contributed by atoms with E-state index in [2.05, 4.69) is 5.32 Å². The normalized spacial score (nSPS) is 13.3. The Hall–Kier alpha value is -2.60. The van der Waals surface area contributed by atoms with Crippen molar-refractivity contribution in [3.05, 3.63) is 53.3 Å². The molecule has 0 saturated carbocycles. The zero-order chi connectivity index (χ0) is 16.4. The van der Waals surface area contributed by atoms with Crippen LogP contribution >= 0.6 is 11.6 Å². The molecule has 2 aromatic carbocycles. The Balaban J connectivity index is 1.78. The number of ether oxygens (including phenoxy) is 1. The molecule has 2 aromatic rings. The van der Waals surface area contributed by atoms with Crippen LogP contribution < -0.4 is 15.0 Å². The van der Waals surface area contributed by atoms with Crippen molar-refractivity contribution in [1.82, 2.24) is 0 Å². The summed E-state index contributed by atoms with van der Waals surface area (Å²) in [5, 5.41) is 2.33. The van der Waals surface area contributed by atoms with Crippen LogP contribution in [0.3, 0.4) is 0 Å². The largest absolute Gasteiger partial charge is 0.482 e. The van der Waals surface area contributed by atoms with Gasteiger partial charge in [0.15, 0.2) is 12.4 Å². The van der Waals surface area contributed by atoms with Gasteiger partial charge in [-0.15, -0.1) is 0 Å². The van der Waals surface area contributed by atoms with Crippen molar-refractivity contribution >= 4 is 34.8 Å². The second-order valence-corrected chi connectivity index (χ2v) is 5.29. The van der Waals surface area contributed by atoms with Crippen molar-refractivity contribution in [3.63, 3.8) is 0 Å². The smallest absolute Gasteiger partial charge is 0.265 e. The highest BCUT2D eigenvalue weighted by molar-refractivity contribution is 6.31. The first-order valence-corrected chi connectivity index (χ1v) is 7.20. The fourth-order valence-corrected chi connectivity index (χ4v) is 2.44. The molecule has 0 aliphatic carbocycles. The van der Waals surface area contributed by atoms with Crippen molar-refractivity contribution < 1.29 is 18.7 Å². The molecule has 0 unspecified atom stereocenters. The van der Waals surface area contributed by atoms with E-state index in [1.807, 2.05) is 0 Å². The molecule has 0 fully saturated rings. The van der Waals surface area contributed by atoms with Gasteiger partial charge in [0.1, 0.15) is 12.3 Å². The minimum absolute atomic E-state index is 0.0310. The number of hydrogen-bond acceptors (Lipinski definition) is 3. The van der Waals surface area contributed by atoms with Crippen LogP contribution in [0.1, 0.15) is 0 Å². The molecule has 1 aliphatic rings. The van der Waals surface area contributed by atoms with Crippen LogP contribution in [0.15, 0.2) is 42.5 Å². The summed E-state index contributed by atoms with van der Waals surface area (Å²) in [5.41, 5.74) is 0.474. The third-order valence-corrected chi connectivity index (χ3v) is 3.63. The van der Waals surface area contributed by atoms with Gasteiger partial charge >= 0.3 is 0 Å². The van der Waals surface area contributed by atoms with Crippen LogP contribution in [0.25, 0.3) is 0 Å². The van der Waals surface area contributed by atoms with Gasteiger partial charge < -0.3 is 10.1 Å². The summed E-state index contributed by atoms with van der Waals surface area (Å²) in [5.74, 6) is -1.06. The van der Waals surface area contributed by atoms with E-state index >= 15 is 0 Å². The van der Waals surface area contributed by atoms with Gasteiger partial charge in [-0.1, -0.05) is 29.8 Å². The number of fused-ring (bicyclic) bond motifs is 1. The van der Waals surface area contributed by atoms with Crippen LogP contribution in [-0.4, -0.2) is 25.0 Å². The van der Waals surface area contributed by atoms with Gasteiger partial charge in [-0.25, -0.2) is 4.39 Å². The number of rotatable bonds is 3. The van der Waals surface area contributed by atoms with Gasteiger partial charge in [0.2, 0.25) is 5.91 Å². The number of amides is 2. The minimum atomic E-state index is -0.712. The molecule has 118 valence electrons. The number of halogens is 2. The molecule has 0 spiro atoms. The molecule has 0 radical (unpaired) electrons. The molecule has 0 aromatic heterocycles. The van der Waals surface area contributed by atoms with E-state index in [1.165, 1.54) is 23.1 Å². The first-order valence-electron chi connectivity index (χ1n) is 6.82. The van der Waals surface area contributed by atoms with E-state index in [1.54, 1.807) is 24.3 Å². The van der Waals surface area contributed by atoms with E-state index in [0.717, 1.165) is 0 Å². The van der Waals surface area contributed by atoms with Crippen molar-refractivity contribution in [2.24, 2.45) is 0 Å². The van der Waals surface area contributed by atoms with Crippen LogP contribution in [0, 0.1) is 5.82 Å². The SMILES string of the molecule is O=C(CN1C(=O)COc2ccccc21)Nc1cccc(Cl)c1F. The third-order valence-electron chi connectivity index (χ3n) is 3.34. The molecule has 0 saturated heterocycles. The average molecular weight is 335 g/mol. The molecular weight excluding hydrogens is 323 g/mol. The summed E-state index contributed by atoms with van der Waals surface area (Å²) in [4.78, 5) is 25.4. The summed E-state index contributed by atoms with van der Waals surface area (Å²) in [7, 11) is 0. The molecule has 23 heavy (non-hydrogen) atoms. The number of hydrogen-bond donors (Lipinski definition) is 1. The Bertz CT molecular complexity index is 782. The van der Waals surface area contributed by atoms with Gasteiger partial charge in [-0.3, -0.25) is 14.5 Å². The van der Waals surface area contributed by atoms with Gasteiger partial charge in [-0.2, -0.15) is 0 Å². The predicted octanol–water partition coefficient (Wildman–Crippen LogP) is 2.84. The molecule has 2 amide bonds. The number of carbonyl (C=O) groups excluding carboxylic acids is 2. The standard InChI is InChI=1S/C16H12ClFN2O3/c17-10-4-3-5-11(16(10)18)19-14(21)8-20-12-6-1-2-7-13(12)23-9-15(20)22/h1-7H,8-9H2,(H,19,21). The third kappa shape index (κ3) is 3.12. The van der Waals surface area contributed by atoms with Gasteiger partial charge in [0.25, 0.3) is 5.91 Å². The Morgan fingerprint density at radius 1 is 1.26 bits per heavy atom. The van der Waals surface area contributed by atoms with E-state index in [-0.39, 0.29) is 29.8 Å². The quantitative estimate of drug-likeness (QED) is 0.939. The van der Waals surface area contributed by atoms with E-state index in [9.17, 15) is 14.0 Å². The Kier molecular flexibility index (Phi) is 4.16. The number of carbonyl (C=O) groups is 2. The number of benzene rings is 2. The summed E-state index contributed by atoms with van der Waals surface area (Å²) in [6.45, 7) is -0.388. The van der Waals surface area contributed by atoms with Crippen molar-refractivity contribution in [1.29, 1.82) is 0 Å². The predicted molar refractivity (Wildman–Crippen MR) is 84.3 cm³/mol. The van der Waals surface area contributed by atoms with Gasteiger partial charge in [0, 0.05) is 0 Å². The van der Waals surface area contributed by atoms with Crippen molar-refractivity contribution in [3.8, 4) is 5.75 Å². The van der Waals surface area contributed by atoms with Crippen molar-refractivity contribution in [2.45, 2.75) is 0 Å².